The molecule has 35 heavy (non-hydrogen) atoms. The Morgan fingerprint density at radius 2 is 1.63 bits per heavy atom. The lowest BCUT2D eigenvalue weighted by molar-refractivity contribution is -0.123. The van der Waals surface area contributed by atoms with Gasteiger partial charge in [-0.25, -0.2) is 5.43 Å². The van der Waals surface area contributed by atoms with E-state index in [0.29, 0.717) is 28.1 Å². The minimum Gasteiger partial charge on any atom is -0.484 e. The molecule has 3 aromatic rings. The summed E-state index contributed by atoms with van der Waals surface area (Å²) in [5, 5.41) is 7.98. The molecule has 0 radical (unpaired) electrons. The fourth-order valence-electron chi connectivity index (χ4n) is 2.97. The van der Waals surface area contributed by atoms with Crippen molar-refractivity contribution in [1.82, 2.24) is 10.7 Å². The first-order chi connectivity index (χ1) is 17.0. The molecule has 0 aliphatic heterocycles. The van der Waals surface area contributed by atoms with Gasteiger partial charge in [-0.2, -0.15) is 5.10 Å². The highest BCUT2D eigenvalue weighted by molar-refractivity contribution is 7.99. The fraction of sp³-hybridized carbons (Fsp3) is 0.192. The highest BCUT2D eigenvalue weighted by Gasteiger charge is 2.07. The van der Waals surface area contributed by atoms with Crippen molar-refractivity contribution in [3.05, 3.63) is 99.5 Å². The van der Waals surface area contributed by atoms with E-state index in [9.17, 15) is 9.59 Å². The number of benzene rings is 3. The number of hydrogen-bond donors (Lipinski definition) is 2. The quantitative estimate of drug-likeness (QED) is 0.252. The van der Waals surface area contributed by atoms with Gasteiger partial charge >= 0.3 is 0 Å². The Bertz CT molecular complexity index is 1120. The Balaban J connectivity index is 1.32. The number of thioether (sulfide) groups is 1. The van der Waals surface area contributed by atoms with Crippen molar-refractivity contribution in [2.45, 2.75) is 12.2 Å². The molecule has 9 heteroatoms. The monoisotopic (exact) mass is 529 g/mol. The highest BCUT2D eigenvalue weighted by Crippen LogP contribution is 2.28. The summed E-state index contributed by atoms with van der Waals surface area (Å²) >= 11 is 13.7. The second kappa shape index (κ2) is 14.4. The van der Waals surface area contributed by atoms with Gasteiger partial charge in [0.15, 0.2) is 6.61 Å². The zero-order valence-corrected chi connectivity index (χ0v) is 21.2. The first-order valence-electron chi connectivity index (χ1n) is 10.9. The lowest BCUT2D eigenvalue weighted by Crippen LogP contribution is -2.30. The van der Waals surface area contributed by atoms with Crippen LogP contribution in [0.2, 0.25) is 10.0 Å². The molecule has 0 aliphatic rings. The lowest BCUT2D eigenvalue weighted by Gasteiger charge is -2.08. The summed E-state index contributed by atoms with van der Waals surface area (Å²) in [5.74, 6) is 0.914. The molecule has 0 heterocycles. The first kappa shape index (κ1) is 26.6. The van der Waals surface area contributed by atoms with Crippen LogP contribution in [-0.4, -0.2) is 36.9 Å². The van der Waals surface area contributed by atoms with Crippen LogP contribution in [0.5, 0.6) is 5.75 Å². The van der Waals surface area contributed by atoms with Gasteiger partial charge in [-0.15, -0.1) is 11.8 Å². The highest BCUT2D eigenvalue weighted by atomic mass is 35.5. The summed E-state index contributed by atoms with van der Waals surface area (Å²) in [7, 11) is 0. The molecule has 6 nitrogen and oxygen atoms in total. The van der Waals surface area contributed by atoms with E-state index < -0.39 is 0 Å². The summed E-state index contributed by atoms with van der Waals surface area (Å²) in [6.07, 6.45) is 2.30. The number of rotatable bonds is 12. The molecule has 0 fully saturated rings. The number of hydrazone groups is 1. The van der Waals surface area contributed by atoms with Crippen molar-refractivity contribution in [1.29, 1.82) is 0 Å². The van der Waals surface area contributed by atoms with Gasteiger partial charge in [0.1, 0.15) is 5.75 Å². The molecule has 182 valence electrons. The van der Waals surface area contributed by atoms with Gasteiger partial charge in [-0.3, -0.25) is 9.59 Å². The van der Waals surface area contributed by atoms with Crippen molar-refractivity contribution in [2.75, 3.05) is 18.9 Å². The van der Waals surface area contributed by atoms with Crippen LogP contribution in [0.3, 0.4) is 0 Å². The zero-order valence-electron chi connectivity index (χ0n) is 18.9. The maximum Gasteiger partial charge on any atom is 0.257 e. The minimum absolute atomic E-state index is 0.0602. The summed E-state index contributed by atoms with van der Waals surface area (Å²) < 4.78 is 5.52. The molecule has 2 N–H and O–H groups in total. The number of hydrogen-bond acceptors (Lipinski definition) is 5. The summed E-state index contributed by atoms with van der Waals surface area (Å²) in [6.45, 7) is 0.495. The molecular weight excluding hydrogens is 505 g/mol. The lowest BCUT2D eigenvalue weighted by atomic mass is 10.1. The van der Waals surface area contributed by atoms with Gasteiger partial charge < -0.3 is 10.1 Å². The standard InChI is InChI=1S/C26H25Cl2N3O3S/c27-23-7-4-8-24(28)22(23)17-35-18-26(33)31-30-15-20-9-11-21(12-10-20)34-16-25(32)29-14-13-19-5-2-1-3-6-19/h1-12,15H,13-14,16-18H2,(H,29,32)(H,31,33)/b30-15-. The zero-order chi connectivity index (χ0) is 24.9. The first-order valence-corrected chi connectivity index (χ1v) is 12.8. The molecule has 2 amide bonds. The Morgan fingerprint density at radius 1 is 0.914 bits per heavy atom. The van der Waals surface area contributed by atoms with Crippen molar-refractivity contribution >= 4 is 53.0 Å². The normalized spacial score (nSPS) is 10.8. The third-order valence-electron chi connectivity index (χ3n) is 4.77. The topological polar surface area (TPSA) is 79.8 Å². The van der Waals surface area contributed by atoms with Crippen LogP contribution >= 0.6 is 35.0 Å². The average molecular weight is 530 g/mol. The molecule has 0 spiro atoms. The fourth-order valence-corrected chi connectivity index (χ4v) is 4.52. The molecule has 0 atom stereocenters. The van der Waals surface area contributed by atoms with Crippen LogP contribution in [0, 0.1) is 0 Å². The van der Waals surface area contributed by atoms with E-state index in [-0.39, 0.29) is 24.2 Å². The maximum atomic E-state index is 12.0. The smallest absolute Gasteiger partial charge is 0.257 e. The average Bonchev–Trinajstić information content (AvgIpc) is 2.86. The van der Waals surface area contributed by atoms with Crippen LogP contribution in [0.1, 0.15) is 16.7 Å². The third-order valence-corrected chi connectivity index (χ3v) is 6.44. The maximum absolute atomic E-state index is 12.0. The summed E-state index contributed by atoms with van der Waals surface area (Å²) in [6, 6.07) is 22.3. The minimum atomic E-state index is -0.229. The van der Waals surface area contributed by atoms with Gasteiger partial charge in [0.25, 0.3) is 5.91 Å². The van der Waals surface area contributed by atoms with E-state index in [0.717, 1.165) is 17.5 Å². The van der Waals surface area contributed by atoms with Crippen molar-refractivity contribution < 1.29 is 14.3 Å². The molecule has 0 saturated heterocycles. The molecular formula is C26H25Cl2N3O3S. The number of ether oxygens (including phenoxy) is 1. The third kappa shape index (κ3) is 9.64. The Labute approximate surface area is 219 Å². The second-order valence-corrected chi connectivity index (χ2v) is 9.23. The van der Waals surface area contributed by atoms with Gasteiger partial charge in [0.05, 0.1) is 12.0 Å². The van der Waals surface area contributed by atoms with Crippen molar-refractivity contribution in [3.8, 4) is 5.75 Å². The largest absolute Gasteiger partial charge is 0.484 e. The number of carbonyl (C=O) groups excluding carboxylic acids is 2. The van der Waals surface area contributed by atoms with Crippen LogP contribution in [-0.2, 0) is 21.8 Å². The van der Waals surface area contributed by atoms with Gasteiger partial charge in [0, 0.05) is 22.3 Å². The SMILES string of the molecule is O=C(COc1ccc(/C=N\NC(=O)CSCc2c(Cl)cccc2Cl)cc1)NCCc1ccccc1. The van der Waals surface area contributed by atoms with Crippen LogP contribution in [0.25, 0.3) is 0 Å². The van der Waals surface area contributed by atoms with Gasteiger partial charge in [0.2, 0.25) is 5.91 Å². The number of nitrogens with one attached hydrogen (secondary N) is 2. The predicted molar refractivity (Wildman–Crippen MR) is 143 cm³/mol. The molecule has 3 aromatic carbocycles. The van der Waals surface area contributed by atoms with E-state index in [1.165, 1.54) is 23.5 Å². The molecule has 0 unspecified atom stereocenters. The summed E-state index contributed by atoms with van der Waals surface area (Å²) in [5.41, 5.74) is 5.25. The molecule has 0 bridgehead atoms. The Morgan fingerprint density at radius 3 is 2.34 bits per heavy atom. The molecule has 0 saturated carbocycles. The number of halogens is 2. The number of carbonyl (C=O) groups is 2. The van der Waals surface area contributed by atoms with E-state index in [2.05, 4.69) is 15.8 Å². The van der Waals surface area contributed by atoms with E-state index in [4.69, 9.17) is 27.9 Å². The van der Waals surface area contributed by atoms with E-state index in [1.54, 1.807) is 42.5 Å². The van der Waals surface area contributed by atoms with E-state index >= 15 is 0 Å². The van der Waals surface area contributed by atoms with Crippen LogP contribution in [0.4, 0.5) is 0 Å². The van der Waals surface area contributed by atoms with Crippen molar-refractivity contribution in [3.63, 3.8) is 0 Å². The van der Waals surface area contributed by atoms with Crippen LogP contribution < -0.4 is 15.5 Å². The second-order valence-electron chi connectivity index (χ2n) is 7.43. The molecule has 0 aromatic heterocycles. The van der Waals surface area contributed by atoms with Gasteiger partial charge in [-0.1, -0.05) is 59.6 Å². The summed E-state index contributed by atoms with van der Waals surface area (Å²) in [4.78, 5) is 23.9. The molecule has 3 rings (SSSR count). The Kier molecular flexibility index (Phi) is 11.0. The molecule has 0 aliphatic carbocycles. The predicted octanol–water partition coefficient (Wildman–Crippen LogP) is 5.11. The van der Waals surface area contributed by atoms with Crippen molar-refractivity contribution in [2.24, 2.45) is 5.10 Å². The number of nitrogens with zero attached hydrogens (tertiary/aromatic N) is 1. The number of amides is 2. The van der Waals surface area contributed by atoms with Crippen LogP contribution in [0.15, 0.2) is 77.9 Å². The van der Waals surface area contributed by atoms with Gasteiger partial charge in [-0.05, 0) is 59.5 Å². The Hall–Kier alpha value is -3.00. The van der Waals surface area contributed by atoms with E-state index in [1.807, 2.05) is 30.3 Å².